The molecule has 0 unspecified atom stereocenters. The smallest absolute Gasteiger partial charge is 0.414 e. The number of aromatic nitrogens is 1. The van der Waals surface area contributed by atoms with Gasteiger partial charge in [0, 0.05) is 12.1 Å². The summed E-state index contributed by atoms with van der Waals surface area (Å²) in [5.74, 6) is -0.623. The molecule has 4 rings (SSSR count). The van der Waals surface area contributed by atoms with E-state index in [2.05, 4.69) is 5.32 Å². The molecule has 1 saturated carbocycles. The second-order valence-electron chi connectivity index (χ2n) is 6.93. The van der Waals surface area contributed by atoms with Gasteiger partial charge >= 0.3 is 6.09 Å². The molecule has 140 valence electrons. The third-order valence-corrected chi connectivity index (χ3v) is 5.13. The number of benzene rings is 1. The van der Waals surface area contributed by atoms with Gasteiger partial charge in [-0.1, -0.05) is 0 Å². The Bertz CT molecular complexity index is 894. The van der Waals surface area contributed by atoms with Crippen molar-refractivity contribution in [1.29, 1.82) is 0 Å². The lowest BCUT2D eigenvalue weighted by atomic mass is 10.0. The van der Waals surface area contributed by atoms with Gasteiger partial charge in [-0.25, -0.2) is 9.18 Å². The van der Waals surface area contributed by atoms with Crippen LogP contribution in [-0.4, -0.2) is 30.6 Å². The van der Waals surface area contributed by atoms with Crippen LogP contribution in [-0.2, 0) is 16.7 Å². The number of anilines is 1. The van der Waals surface area contributed by atoms with Crippen LogP contribution in [0.25, 0.3) is 0 Å². The first-order valence-corrected chi connectivity index (χ1v) is 8.96. The van der Waals surface area contributed by atoms with Gasteiger partial charge in [0.15, 0.2) is 0 Å². The Balaban J connectivity index is 1.57. The van der Waals surface area contributed by atoms with Crippen molar-refractivity contribution in [2.24, 2.45) is 0 Å². The molecule has 1 N–H and O–H groups in total. The summed E-state index contributed by atoms with van der Waals surface area (Å²) < 4.78 is 17.9. The highest BCUT2D eigenvalue weighted by Gasteiger charge is 2.47. The second kappa shape index (κ2) is 6.64. The van der Waals surface area contributed by atoms with Crippen molar-refractivity contribution in [1.82, 2.24) is 10.3 Å². The van der Waals surface area contributed by atoms with Crippen LogP contribution in [0.2, 0.25) is 0 Å². The lowest BCUT2D eigenvalue weighted by Crippen LogP contribution is -2.38. The van der Waals surface area contributed by atoms with E-state index in [1.54, 1.807) is 4.90 Å². The number of pyridine rings is 1. The summed E-state index contributed by atoms with van der Waals surface area (Å²) in [6.07, 6.45) is 2.79. The fourth-order valence-corrected chi connectivity index (χ4v) is 3.48. The molecule has 0 bridgehead atoms. The van der Waals surface area contributed by atoms with Gasteiger partial charge in [0.1, 0.15) is 5.82 Å². The van der Waals surface area contributed by atoms with E-state index in [-0.39, 0.29) is 11.7 Å². The topological polar surface area (TPSA) is 71.5 Å². The monoisotopic (exact) mass is 369 g/mol. The number of hydrogen-bond acceptors (Lipinski definition) is 4. The average molecular weight is 369 g/mol. The van der Waals surface area contributed by atoms with E-state index in [1.807, 2.05) is 12.1 Å². The third-order valence-electron chi connectivity index (χ3n) is 5.13. The molecule has 27 heavy (non-hydrogen) atoms. The van der Waals surface area contributed by atoms with Crippen LogP contribution in [0.1, 0.15) is 41.0 Å². The van der Waals surface area contributed by atoms with Crippen LogP contribution < -0.4 is 10.2 Å². The lowest BCUT2D eigenvalue weighted by molar-refractivity contribution is 0.0929. The zero-order chi connectivity index (χ0) is 19.0. The van der Waals surface area contributed by atoms with E-state index in [4.69, 9.17) is 9.72 Å². The van der Waals surface area contributed by atoms with Gasteiger partial charge in [-0.15, -0.1) is 0 Å². The van der Waals surface area contributed by atoms with Gasteiger partial charge in [-0.05, 0) is 62.1 Å². The summed E-state index contributed by atoms with van der Waals surface area (Å²) in [4.78, 5) is 30.8. The Hall–Kier alpha value is -2.96. The summed E-state index contributed by atoms with van der Waals surface area (Å²) in [5, 5.41) is 3.04. The van der Waals surface area contributed by atoms with Gasteiger partial charge in [-0.2, -0.15) is 0 Å². The van der Waals surface area contributed by atoms with Crippen LogP contribution in [0.4, 0.5) is 14.9 Å². The zero-order valence-electron chi connectivity index (χ0n) is 15.0. The number of aryl methyl sites for hydroxylation is 1. The van der Waals surface area contributed by atoms with Crippen LogP contribution in [0, 0.1) is 5.82 Å². The Kier molecular flexibility index (Phi) is 4.30. The van der Waals surface area contributed by atoms with E-state index in [0.29, 0.717) is 12.1 Å². The maximum Gasteiger partial charge on any atom is 0.414 e. The molecule has 1 aliphatic carbocycles. The summed E-state index contributed by atoms with van der Waals surface area (Å²) in [6, 6.07) is 9.21. The van der Waals surface area contributed by atoms with Crippen molar-refractivity contribution in [3.05, 3.63) is 59.2 Å². The molecule has 1 fully saturated rings. The fourth-order valence-electron chi connectivity index (χ4n) is 3.48. The molecule has 1 aromatic heterocycles. The van der Waals surface area contributed by atoms with Crippen LogP contribution in [0.5, 0.6) is 0 Å². The van der Waals surface area contributed by atoms with E-state index >= 15 is 0 Å². The molecule has 0 radical (unpaired) electrons. The third kappa shape index (κ3) is 3.25. The van der Waals surface area contributed by atoms with Crippen molar-refractivity contribution < 1.29 is 18.7 Å². The average Bonchev–Trinajstić information content (AvgIpc) is 3.47. The normalized spacial score (nSPS) is 17.0. The number of nitrogens with one attached hydrogen (secondary N) is 1. The molecule has 2 heterocycles. The van der Waals surface area contributed by atoms with Crippen LogP contribution in [0.3, 0.4) is 0 Å². The highest BCUT2D eigenvalue weighted by molar-refractivity contribution is 5.95. The molecule has 0 spiro atoms. The van der Waals surface area contributed by atoms with Crippen LogP contribution in [0.15, 0.2) is 36.4 Å². The van der Waals surface area contributed by atoms with Crippen molar-refractivity contribution >= 4 is 17.7 Å². The number of fused-ring (bicyclic) bond motifs is 1. The van der Waals surface area contributed by atoms with Gasteiger partial charge < -0.3 is 10.1 Å². The lowest BCUT2D eigenvalue weighted by Gasteiger charge is -2.28. The highest BCUT2D eigenvalue weighted by atomic mass is 19.1. The Morgan fingerprint density at radius 2 is 1.93 bits per heavy atom. The number of ether oxygens (including phenoxy) is 1. The zero-order valence-corrected chi connectivity index (χ0v) is 15.0. The Morgan fingerprint density at radius 3 is 2.59 bits per heavy atom. The van der Waals surface area contributed by atoms with Gasteiger partial charge in [0.25, 0.3) is 5.91 Å². The number of amides is 2. The van der Waals surface area contributed by atoms with Crippen LogP contribution >= 0.6 is 0 Å². The first-order valence-electron chi connectivity index (χ1n) is 8.96. The molecule has 6 nitrogen and oxygen atoms in total. The minimum absolute atomic E-state index is 0.247. The standard InChI is InChI=1S/C20H20FN3O3/c1-27-19(26)24-12-2-3-15-16(24)8-9-17(22-15)20(10-11-20)23-18(25)13-4-6-14(21)7-5-13/h4-9H,2-3,10-12H2,1H3,(H,23,25). The Morgan fingerprint density at radius 1 is 1.19 bits per heavy atom. The van der Waals surface area contributed by atoms with E-state index in [1.165, 1.54) is 31.4 Å². The molecular formula is C20H20FN3O3. The number of rotatable bonds is 3. The number of carbonyl (C=O) groups is 2. The van der Waals surface area contributed by atoms with Crippen molar-refractivity contribution in [2.45, 2.75) is 31.2 Å². The summed E-state index contributed by atoms with van der Waals surface area (Å²) >= 11 is 0. The van der Waals surface area contributed by atoms with Crippen molar-refractivity contribution in [2.75, 3.05) is 18.6 Å². The molecule has 7 heteroatoms. The first-order chi connectivity index (χ1) is 13.0. The predicted molar refractivity (Wildman–Crippen MR) is 97.1 cm³/mol. The predicted octanol–water partition coefficient (Wildman–Crippen LogP) is 3.16. The summed E-state index contributed by atoms with van der Waals surface area (Å²) in [5.41, 5.74) is 2.32. The van der Waals surface area contributed by atoms with E-state index in [0.717, 1.165) is 42.8 Å². The van der Waals surface area contributed by atoms with Gasteiger partial charge in [0.05, 0.1) is 29.7 Å². The summed E-state index contributed by atoms with van der Waals surface area (Å²) in [6.45, 7) is 0.604. The van der Waals surface area contributed by atoms with Crippen molar-refractivity contribution in [3.8, 4) is 0 Å². The van der Waals surface area contributed by atoms with Gasteiger partial charge in [-0.3, -0.25) is 14.7 Å². The molecule has 1 aliphatic heterocycles. The maximum absolute atomic E-state index is 13.1. The molecule has 2 aromatic rings. The number of halogens is 1. The first kappa shape index (κ1) is 17.5. The fraction of sp³-hybridized carbons (Fsp3) is 0.350. The molecule has 1 aromatic carbocycles. The number of methoxy groups -OCH3 is 1. The van der Waals surface area contributed by atoms with Gasteiger partial charge in [0.2, 0.25) is 0 Å². The SMILES string of the molecule is COC(=O)N1CCCc2nc(C3(NC(=O)c4ccc(F)cc4)CC3)ccc21. The number of carbonyl (C=O) groups excluding carboxylic acids is 2. The molecule has 0 saturated heterocycles. The maximum atomic E-state index is 13.1. The van der Waals surface area contributed by atoms with Crippen molar-refractivity contribution in [3.63, 3.8) is 0 Å². The molecule has 2 amide bonds. The summed E-state index contributed by atoms with van der Waals surface area (Å²) in [7, 11) is 1.36. The van der Waals surface area contributed by atoms with E-state index < -0.39 is 11.6 Å². The molecule has 2 aliphatic rings. The number of nitrogens with zero attached hydrogens (tertiary/aromatic N) is 2. The number of hydrogen-bond donors (Lipinski definition) is 1. The largest absolute Gasteiger partial charge is 0.452 e. The second-order valence-corrected chi connectivity index (χ2v) is 6.93. The minimum atomic E-state index is -0.492. The Labute approximate surface area is 156 Å². The highest BCUT2D eigenvalue weighted by Crippen LogP contribution is 2.45. The minimum Gasteiger partial charge on any atom is -0.452 e. The quantitative estimate of drug-likeness (QED) is 0.902. The molecular weight excluding hydrogens is 349 g/mol. The van der Waals surface area contributed by atoms with E-state index in [9.17, 15) is 14.0 Å². The molecule has 0 atom stereocenters.